The summed E-state index contributed by atoms with van der Waals surface area (Å²) in [5.41, 5.74) is 1.26. The zero-order valence-corrected chi connectivity index (χ0v) is 42.7. The van der Waals surface area contributed by atoms with Crippen molar-refractivity contribution in [3.8, 4) is 11.3 Å². The average molecular weight is 934 g/mol. The minimum atomic E-state index is -1.26. The van der Waals surface area contributed by atoms with Gasteiger partial charge < -0.3 is 39.0 Å². The first-order valence-corrected chi connectivity index (χ1v) is 25.7. The molecule has 1 aromatic heterocycles. The van der Waals surface area contributed by atoms with Crippen molar-refractivity contribution in [3.63, 3.8) is 0 Å². The first-order valence-electron chi connectivity index (χ1n) is 25.7. The normalized spacial score (nSPS) is 39.2. The van der Waals surface area contributed by atoms with Gasteiger partial charge in [0.1, 0.15) is 17.5 Å². The van der Waals surface area contributed by atoms with Gasteiger partial charge in [0.2, 0.25) is 0 Å². The number of hydrogen-bond donors (Lipinski definition) is 3. The Hall–Kier alpha value is -3.04. The molecule has 2 spiro atoms. The fourth-order valence-corrected chi connectivity index (χ4v) is 12.5. The van der Waals surface area contributed by atoms with Gasteiger partial charge in [0.15, 0.2) is 11.6 Å². The van der Waals surface area contributed by atoms with Crippen LogP contribution in [0.15, 0.2) is 42.6 Å². The number of aromatic nitrogens is 3. The van der Waals surface area contributed by atoms with E-state index in [-0.39, 0.29) is 47.3 Å². The fourth-order valence-electron chi connectivity index (χ4n) is 12.5. The Morgan fingerprint density at radius 1 is 0.896 bits per heavy atom. The molecule has 0 aliphatic carbocycles. The van der Waals surface area contributed by atoms with Crippen molar-refractivity contribution in [3.05, 3.63) is 48.2 Å². The molecule has 5 aliphatic rings. The maximum Gasteiger partial charge on any atom is 0.309 e. The molecule has 18 atom stereocenters. The summed E-state index contributed by atoms with van der Waals surface area (Å²) in [6.45, 7) is 26.6. The van der Waals surface area contributed by atoms with E-state index in [2.05, 4.69) is 83.9 Å². The van der Waals surface area contributed by atoms with Crippen molar-refractivity contribution >= 4 is 11.8 Å². The molecule has 0 unspecified atom stereocenters. The maximum absolute atomic E-state index is 14.8. The summed E-state index contributed by atoms with van der Waals surface area (Å²) in [6, 6.07) is 7.93. The van der Waals surface area contributed by atoms with Crippen LogP contribution in [0.5, 0.6) is 0 Å². The van der Waals surface area contributed by atoms with Crippen LogP contribution in [0.1, 0.15) is 166 Å². The molecule has 2 aromatic rings. The number of aliphatic hydroxyl groups excluding tert-OH is 1. The van der Waals surface area contributed by atoms with Crippen LogP contribution in [-0.4, -0.2) is 101 Å². The van der Waals surface area contributed by atoms with Crippen LogP contribution in [0.25, 0.3) is 11.3 Å². The van der Waals surface area contributed by atoms with E-state index in [9.17, 15) is 24.9 Å². The predicted molar refractivity (Wildman–Crippen MR) is 256 cm³/mol. The topological polar surface area (TPSA) is 172 Å². The van der Waals surface area contributed by atoms with E-state index in [0.717, 1.165) is 24.1 Å². The standard InChI is InChI=1S/C54H83N3O10/c1-14-39(49(60)61)42-22-17-31(4)47(64-42)35(8)45(58)34(7)46(59)40(15-2)48-32(5)29-33(6)53(65-48)26-23-43(57-30-41(55-56-57)37-18-20-38(21-19-37)50(10,11)12)54(67-53)28-27-51(13,66-54)44-24-25-52(62,16-3)36(9)63-44/h18-21,23,26,30-36,39-40,42-45,47-48,58,62H,14-17,22,24-25,27-29H2,1-13H3,(H,60,61)/t31-,32-,33+,34-,35+,36-,39+,40-,42+,43-,44+,45+,47+,48-,51-,52+,53+,54-/m0/s1. The highest BCUT2D eigenvalue weighted by Gasteiger charge is 2.64. The van der Waals surface area contributed by atoms with Gasteiger partial charge in [-0.1, -0.05) is 112 Å². The number of aliphatic hydroxyl groups is 2. The number of rotatable bonds is 14. The van der Waals surface area contributed by atoms with Crippen LogP contribution in [0.4, 0.5) is 0 Å². The van der Waals surface area contributed by atoms with E-state index in [1.54, 1.807) is 6.92 Å². The van der Waals surface area contributed by atoms with Crippen LogP contribution < -0.4 is 0 Å². The van der Waals surface area contributed by atoms with Crippen LogP contribution in [0, 0.1) is 41.4 Å². The number of aliphatic carboxylic acids is 1. The van der Waals surface area contributed by atoms with Crippen molar-refractivity contribution in [2.45, 2.75) is 225 Å². The second-order valence-electron chi connectivity index (χ2n) is 22.8. The predicted octanol–water partition coefficient (Wildman–Crippen LogP) is 9.62. The lowest BCUT2D eigenvalue weighted by Crippen LogP contribution is -2.62. The number of hydrogen-bond acceptors (Lipinski definition) is 11. The number of Topliss-reactive ketones (excluding diaryl/α,β-unsaturated/α-hetero) is 1. The van der Waals surface area contributed by atoms with Gasteiger partial charge in [0.25, 0.3) is 0 Å². The monoisotopic (exact) mass is 934 g/mol. The Kier molecular flexibility index (Phi) is 15.2. The van der Waals surface area contributed by atoms with E-state index in [0.29, 0.717) is 51.4 Å². The Labute approximate surface area is 400 Å². The number of carboxylic acids is 1. The van der Waals surface area contributed by atoms with Crippen molar-refractivity contribution in [1.29, 1.82) is 0 Å². The Bertz CT molecular complexity index is 2070. The van der Waals surface area contributed by atoms with E-state index >= 15 is 0 Å². The lowest BCUT2D eigenvalue weighted by Gasteiger charge is -2.55. The SMILES string of the molecule is CC[C@@H](C(=O)[C@@H](C)[C@@H](O)[C@@H](C)[C@@H]1O[C@@H]([C@@H](CC)C(=O)O)CC[C@@H]1C)[C@H]1O[C@@]2(C=C[C@H](n3cc(-c4ccc(C(C)(C)C)cc4)nn3)[C@]3(CC[C@@](C)([C@H]4CC[C@](O)(CC)[C@H](C)O4)O3)O2)[C@H](C)C[C@@H]1C. The molecule has 374 valence electrons. The van der Waals surface area contributed by atoms with Gasteiger partial charge >= 0.3 is 5.97 Å². The second kappa shape index (κ2) is 19.6. The van der Waals surface area contributed by atoms with Crippen LogP contribution in [0.2, 0.25) is 0 Å². The second-order valence-corrected chi connectivity index (χ2v) is 22.8. The van der Waals surface area contributed by atoms with Crippen LogP contribution in [0.3, 0.4) is 0 Å². The molecule has 5 aliphatic heterocycles. The summed E-state index contributed by atoms with van der Waals surface area (Å²) in [5.74, 6) is -5.76. The Morgan fingerprint density at radius 2 is 1.58 bits per heavy atom. The summed E-state index contributed by atoms with van der Waals surface area (Å²) in [7, 11) is 0. The molecule has 4 saturated heterocycles. The van der Waals surface area contributed by atoms with E-state index < -0.39 is 76.8 Å². The van der Waals surface area contributed by atoms with E-state index in [1.807, 2.05) is 51.6 Å². The molecular formula is C54H83N3O10. The first-order chi connectivity index (χ1) is 31.4. The van der Waals surface area contributed by atoms with Crippen molar-refractivity contribution < 1.29 is 48.6 Å². The zero-order chi connectivity index (χ0) is 49.0. The number of carbonyl (C=O) groups excluding carboxylic acids is 1. The highest BCUT2D eigenvalue weighted by Crippen LogP contribution is 2.57. The lowest BCUT2D eigenvalue weighted by atomic mass is 9.72. The quantitative estimate of drug-likeness (QED) is 0.154. The summed E-state index contributed by atoms with van der Waals surface area (Å²) < 4.78 is 37.1. The maximum atomic E-state index is 14.8. The van der Waals surface area contributed by atoms with Crippen molar-refractivity contribution in [2.75, 3.05) is 0 Å². The molecular weight excluding hydrogens is 851 g/mol. The molecule has 67 heavy (non-hydrogen) atoms. The van der Waals surface area contributed by atoms with Crippen molar-refractivity contribution in [1.82, 2.24) is 15.0 Å². The fraction of sp³-hybridized carbons (Fsp3) is 0.778. The molecule has 0 saturated carbocycles. The first kappa shape index (κ1) is 51.8. The smallest absolute Gasteiger partial charge is 0.309 e. The number of nitrogens with zero attached hydrogens (tertiary/aromatic N) is 3. The van der Waals surface area contributed by atoms with E-state index in [4.69, 9.17) is 28.9 Å². The molecule has 0 bridgehead atoms. The van der Waals surface area contributed by atoms with Gasteiger partial charge in [0, 0.05) is 35.7 Å². The minimum Gasteiger partial charge on any atom is -0.481 e. The summed E-state index contributed by atoms with van der Waals surface area (Å²) in [4.78, 5) is 26.9. The Morgan fingerprint density at radius 3 is 2.19 bits per heavy atom. The van der Waals surface area contributed by atoms with Crippen molar-refractivity contribution in [2.24, 2.45) is 41.4 Å². The summed E-state index contributed by atoms with van der Waals surface area (Å²) in [5, 5.41) is 42.6. The van der Waals surface area contributed by atoms with Gasteiger partial charge in [-0.25, -0.2) is 4.68 Å². The molecule has 4 fully saturated rings. The molecule has 3 N–H and O–H groups in total. The number of ether oxygens (including phenoxy) is 5. The lowest BCUT2D eigenvalue weighted by molar-refractivity contribution is -0.402. The number of benzene rings is 1. The molecule has 13 nitrogen and oxygen atoms in total. The molecule has 0 radical (unpaired) electrons. The zero-order valence-electron chi connectivity index (χ0n) is 42.7. The minimum absolute atomic E-state index is 0.00170. The third kappa shape index (κ3) is 9.87. The molecule has 6 heterocycles. The third-order valence-corrected chi connectivity index (χ3v) is 17.3. The molecule has 0 amide bonds. The molecule has 13 heteroatoms. The van der Waals surface area contributed by atoms with Gasteiger partial charge in [-0.2, -0.15) is 0 Å². The van der Waals surface area contributed by atoms with Crippen LogP contribution >= 0.6 is 0 Å². The highest BCUT2D eigenvalue weighted by atomic mass is 16.8. The number of ketones is 1. The van der Waals surface area contributed by atoms with Gasteiger partial charge in [-0.3, -0.25) is 9.59 Å². The number of carboxylic acid groups (broad SMARTS) is 1. The summed E-state index contributed by atoms with van der Waals surface area (Å²) >= 11 is 0. The van der Waals surface area contributed by atoms with Gasteiger partial charge in [0.05, 0.1) is 59.9 Å². The largest absolute Gasteiger partial charge is 0.481 e. The van der Waals surface area contributed by atoms with Gasteiger partial charge in [-0.15, -0.1) is 5.10 Å². The Balaban J connectivity index is 1.17. The third-order valence-electron chi connectivity index (χ3n) is 17.3. The molecule has 7 rings (SSSR count). The van der Waals surface area contributed by atoms with Gasteiger partial charge in [-0.05, 0) is 101 Å². The molecule has 1 aromatic carbocycles. The highest BCUT2D eigenvalue weighted by molar-refractivity contribution is 5.84. The summed E-state index contributed by atoms with van der Waals surface area (Å²) in [6.07, 6.45) is 9.12. The average Bonchev–Trinajstić information content (AvgIpc) is 3.91. The van der Waals surface area contributed by atoms with E-state index in [1.165, 1.54) is 5.56 Å². The van der Waals surface area contributed by atoms with Crippen LogP contribution in [-0.2, 0) is 38.7 Å². The number of carbonyl (C=O) groups is 2.